The fourth-order valence-electron chi connectivity index (χ4n) is 2.20. The molecule has 116 valence electrons. The van der Waals surface area contributed by atoms with Gasteiger partial charge in [-0.3, -0.25) is 4.79 Å². The third-order valence-electron chi connectivity index (χ3n) is 3.66. The second-order valence-electron chi connectivity index (χ2n) is 5.53. The molecule has 6 heteroatoms. The number of nitrogens with one attached hydrogen (secondary N) is 1. The summed E-state index contributed by atoms with van der Waals surface area (Å²) in [5.41, 5.74) is 1.21. The van der Waals surface area contributed by atoms with E-state index < -0.39 is 12.1 Å². The lowest BCUT2D eigenvalue weighted by atomic mass is 10.1. The number of hydrogen-bond donors (Lipinski definition) is 1. The van der Waals surface area contributed by atoms with Crippen LogP contribution in [0, 0.1) is 6.92 Å². The van der Waals surface area contributed by atoms with E-state index in [9.17, 15) is 9.59 Å². The molecule has 0 aliphatic heterocycles. The van der Waals surface area contributed by atoms with Crippen molar-refractivity contribution >= 4 is 34.4 Å². The highest BCUT2D eigenvalue weighted by molar-refractivity contribution is 6.31. The van der Waals surface area contributed by atoms with Crippen LogP contribution < -0.4 is 5.32 Å². The van der Waals surface area contributed by atoms with Gasteiger partial charge in [-0.2, -0.15) is 0 Å². The van der Waals surface area contributed by atoms with Gasteiger partial charge in [0.1, 0.15) is 5.58 Å². The molecule has 0 spiro atoms. The van der Waals surface area contributed by atoms with Gasteiger partial charge in [0.15, 0.2) is 6.10 Å². The molecule has 3 rings (SSSR count). The van der Waals surface area contributed by atoms with E-state index in [1.165, 1.54) is 0 Å². The van der Waals surface area contributed by atoms with Gasteiger partial charge >= 0.3 is 5.97 Å². The van der Waals surface area contributed by atoms with Crippen LogP contribution in [0.3, 0.4) is 0 Å². The maximum atomic E-state index is 12.2. The number of halogens is 1. The molecule has 1 fully saturated rings. The van der Waals surface area contributed by atoms with E-state index in [2.05, 4.69) is 5.32 Å². The van der Waals surface area contributed by atoms with Gasteiger partial charge in [-0.15, -0.1) is 0 Å². The zero-order valence-corrected chi connectivity index (χ0v) is 13.1. The Kier molecular flexibility index (Phi) is 3.83. The van der Waals surface area contributed by atoms with E-state index in [1.807, 2.05) is 0 Å². The number of amides is 1. The van der Waals surface area contributed by atoms with Gasteiger partial charge in [0.05, 0.1) is 0 Å². The Morgan fingerprint density at radius 1 is 1.41 bits per heavy atom. The molecule has 0 bridgehead atoms. The molecule has 1 unspecified atom stereocenters. The number of benzene rings is 1. The molecule has 5 nitrogen and oxygen atoms in total. The number of hydrogen-bond acceptors (Lipinski definition) is 4. The molecule has 2 aromatic rings. The van der Waals surface area contributed by atoms with E-state index in [0.717, 1.165) is 18.2 Å². The van der Waals surface area contributed by atoms with Crippen LogP contribution in [0.15, 0.2) is 22.6 Å². The van der Waals surface area contributed by atoms with Crippen LogP contribution in [0.2, 0.25) is 5.02 Å². The fraction of sp³-hybridized carbons (Fsp3) is 0.375. The topological polar surface area (TPSA) is 68.5 Å². The first-order chi connectivity index (χ1) is 10.5. The first-order valence-corrected chi connectivity index (χ1v) is 7.53. The molecular formula is C16H16ClNO4. The minimum atomic E-state index is -0.857. The van der Waals surface area contributed by atoms with Gasteiger partial charge in [-0.25, -0.2) is 4.79 Å². The van der Waals surface area contributed by atoms with Crippen molar-refractivity contribution in [2.75, 3.05) is 0 Å². The number of esters is 1. The molecule has 1 aromatic heterocycles. The van der Waals surface area contributed by atoms with Crippen LogP contribution in [0.1, 0.15) is 35.9 Å². The van der Waals surface area contributed by atoms with Crippen LogP contribution >= 0.6 is 11.6 Å². The highest BCUT2D eigenvalue weighted by atomic mass is 35.5. The number of aryl methyl sites for hydroxylation is 1. The van der Waals surface area contributed by atoms with Crippen molar-refractivity contribution in [3.8, 4) is 0 Å². The molecule has 1 aliphatic carbocycles. The first kappa shape index (κ1) is 14.9. The maximum absolute atomic E-state index is 12.2. The molecular weight excluding hydrogens is 306 g/mol. The summed E-state index contributed by atoms with van der Waals surface area (Å²) in [5.74, 6) is -0.834. The van der Waals surface area contributed by atoms with Crippen molar-refractivity contribution in [1.29, 1.82) is 0 Å². The largest absolute Gasteiger partial charge is 0.449 e. The van der Waals surface area contributed by atoms with E-state index in [-0.39, 0.29) is 17.7 Å². The van der Waals surface area contributed by atoms with Crippen molar-refractivity contribution in [3.63, 3.8) is 0 Å². The summed E-state index contributed by atoms with van der Waals surface area (Å²) in [5, 5.41) is 4.12. The Balaban J connectivity index is 1.76. The van der Waals surface area contributed by atoms with Gasteiger partial charge in [0.2, 0.25) is 5.76 Å². The standard InChI is InChI=1S/C16H16ClNO4/c1-8-12-7-10(17)3-6-13(12)22-14(8)16(20)21-9(2)15(19)18-11-4-5-11/h3,6-7,9,11H,4-5H2,1-2H3,(H,18,19). The van der Waals surface area contributed by atoms with Crippen molar-refractivity contribution in [2.24, 2.45) is 0 Å². The SMILES string of the molecule is Cc1c(C(=O)OC(C)C(=O)NC2CC2)oc2ccc(Cl)cc12. The Bertz CT molecular complexity index is 748. The van der Waals surface area contributed by atoms with E-state index in [0.29, 0.717) is 16.2 Å². The predicted molar refractivity (Wildman–Crippen MR) is 82.0 cm³/mol. The Hall–Kier alpha value is -2.01. The highest BCUT2D eigenvalue weighted by Gasteiger charge is 2.28. The number of carbonyl (C=O) groups is 2. The Morgan fingerprint density at radius 2 is 2.14 bits per heavy atom. The number of fused-ring (bicyclic) bond motifs is 1. The lowest BCUT2D eigenvalue weighted by molar-refractivity contribution is -0.129. The molecule has 1 atom stereocenters. The van der Waals surface area contributed by atoms with Crippen molar-refractivity contribution in [2.45, 2.75) is 38.8 Å². The normalized spacial score (nSPS) is 15.6. The minimum Gasteiger partial charge on any atom is -0.449 e. The maximum Gasteiger partial charge on any atom is 0.375 e. The van der Waals surface area contributed by atoms with Crippen LogP contribution in [-0.2, 0) is 9.53 Å². The zero-order valence-electron chi connectivity index (χ0n) is 12.3. The minimum absolute atomic E-state index is 0.100. The molecule has 1 aliphatic rings. The summed E-state index contributed by atoms with van der Waals surface area (Å²) < 4.78 is 10.7. The number of carbonyl (C=O) groups excluding carboxylic acids is 2. The van der Waals surface area contributed by atoms with E-state index in [4.69, 9.17) is 20.8 Å². The lowest BCUT2D eigenvalue weighted by Gasteiger charge is -2.12. The van der Waals surface area contributed by atoms with Crippen molar-refractivity contribution in [1.82, 2.24) is 5.32 Å². The molecule has 1 aromatic carbocycles. The van der Waals surface area contributed by atoms with Crippen LogP contribution in [0.5, 0.6) is 0 Å². The monoisotopic (exact) mass is 321 g/mol. The van der Waals surface area contributed by atoms with Gasteiger partial charge in [0.25, 0.3) is 5.91 Å². The van der Waals surface area contributed by atoms with Crippen LogP contribution in [0.4, 0.5) is 0 Å². The smallest absolute Gasteiger partial charge is 0.375 e. The fourth-order valence-corrected chi connectivity index (χ4v) is 2.37. The summed E-state index contributed by atoms with van der Waals surface area (Å²) >= 11 is 5.95. The molecule has 1 heterocycles. The zero-order chi connectivity index (χ0) is 15.9. The summed E-state index contributed by atoms with van der Waals surface area (Å²) in [4.78, 5) is 24.0. The van der Waals surface area contributed by atoms with Crippen LogP contribution in [-0.4, -0.2) is 24.0 Å². The van der Waals surface area contributed by atoms with Crippen LogP contribution in [0.25, 0.3) is 11.0 Å². The number of rotatable bonds is 4. The summed E-state index contributed by atoms with van der Waals surface area (Å²) in [6.07, 6.45) is 1.11. The second-order valence-corrected chi connectivity index (χ2v) is 5.96. The van der Waals surface area contributed by atoms with Gasteiger partial charge in [0, 0.05) is 22.0 Å². The molecule has 1 N–H and O–H groups in total. The summed E-state index contributed by atoms with van der Waals surface area (Å²) in [6.45, 7) is 3.30. The lowest BCUT2D eigenvalue weighted by Crippen LogP contribution is -2.37. The van der Waals surface area contributed by atoms with Crippen molar-refractivity contribution < 1.29 is 18.7 Å². The van der Waals surface area contributed by atoms with Gasteiger partial charge in [-0.1, -0.05) is 11.6 Å². The molecule has 22 heavy (non-hydrogen) atoms. The van der Waals surface area contributed by atoms with E-state index in [1.54, 1.807) is 32.0 Å². The molecule has 0 saturated heterocycles. The third kappa shape index (κ3) is 2.95. The molecule has 1 amide bonds. The quantitative estimate of drug-likeness (QED) is 0.878. The first-order valence-electron chi connectivity index (χ1n) is 7.15. The molecule has 1 saturated carbocycles. The highest BCUT2D eigenvalue weighted by Crippen LogP contribution is 2.28. The van der Waals surface area contributed by atoms with Crippen molar-refractivity contribution in [3.05, 3.63) is 34.5 Å². The average molecular weight is 322 g/mol. The number of ether oxygens (including phenoxy) is 1. The summed E-state index contributed by atoms with van der Waals surface area (Å²) in [6, 6.07) is 5.34. The average Bonchev–Trinajstić information content (AvgIpc) is 3.23. The Morgan fingerprint density at radius 3 is 2.82 bits per heavy atom. The van der Waals surface area contributed by atoms with E-state index >= 15 is 0 Å². The van der Waals surface area contributed by atoms with Gasteiger partial charge < -0.3 is 14.5 Å². The second kappa shape index (κ2) is 5.65. The predicted octanol–water partition coefficient (Wildman–Crippen LogP) is 3.22. The summed E-state index contributed by atoms with van der Waals surface area (Å²) in [7, 11) is 0. The van der Waals surface area contributed by atoms with Gasteiger partial charge in [-0.05, 0) is 44.9 Å². The number of furan rings is 1. The molecule has 0 radical (unpaired) electrons. The third-order valence-corrected chi connectivity index (χ3v) is 3.90. The Labute approximate surface area is 132 Å².